The quantitative estimate of drug-likeness (QED) is 0.642. The summed E-state index contributed by atoms with van der Waals surface area (Å²) >= 11 is 1.54. The molecule has 0 aliphatic carbocycles. The van der Waals surface area contributed by atoms with Gasteiger partial charge in [0.05, 0.1) is 0 Å². The zero-order valence-electron chi connectivity index (χ0n) is 9.11. The fourth-order valence-corrected chi connectivity index (χ4v) is 2.82. The van der Waals surface area contributed by atoms with Crippen LogP contribution >= 0.6 is 11.3 Å². The number of rotatable bonds is 3. The zero-order chi connectivity index (χ0) is 10.4. The van der Waals surface area contributed by atoms with Crippen molar-refractivity contribution in [2.45, 2.75) is 31.5 Å². The Labute approximate surface area is 115 Å². The van der Waals surface area contributed by atoms with Crippen molar-refractivity contribution in [2.24, 2.45) is 0 Å². The first-order valence-corrected chi connectivity index (χ1v) is 5.42. The predicted molar refractivity (Wildman–Crippen MR) is 59.2 cm³/mol. The van der Waals surface area contributed by atoms with Crippen molar-refractivity contribution < 1.29 is 14.6 Å². The maximum atomic E-state index is 11.1. The van der Waals surface area contributed by atoms with Crippen LogP contribution in [0.4, 0.5) is 0 Å². The Kier molecular flexibility index (Phi) is 3.68. The number of thiophene rings is 1. The number of hydrogen-bond acceptors (Lipinski definition) is 3. The van der Waals surface area contributed by atoms with Crippen LogP contribution in [-0.4, -0.2) is 46.2 Å². The molecule has 0 saturated carbocycles. The Morgan fingerprint density at radius 1 is 1.67 bits per heavy atom. The van der Waals surface area contributed by atoms with E-state index in [1.807, 2.05) is 31.4 Å². The van der Waals surface area contributed by atoms with Gasteiger partial charge < -0.3 is 9.84 Å². The molecule has 1 N–H and O–H groups in total. The van der Waals surface area contributed by atoms with Crippen molar-refractivity contribution in [2.75, 3.05) is 0 Å². The van der Waals surface area contributed by atoms with E-state index in [9.17, 15) is 4.79 Å². The molecule has 1 aromatic heterocycles. The summed E-state index contributed by atoms with van der Waals surface area (Å²) in [5.41, 5.74) is -1.63. The van der Waals surface area contributed by atoms with Crippen LogP contribution in [0.5, 0.6) is 0 Å². The Hall–Kier alpha value is 0.130. The van der Waals surface area contributed by atoms with Gasteiger partial charge in [0.15, 0.2) is 5.60 Å². The molecule has 1 aliphatic rings. The van der Waals surface area contributed by atoms with Crippen molar-refractivity contribution in [3.8, 4) is 0 Å². The van der Waals surface area contributed by atoms with E-state index in [1.165, 1.54) is 11.3 Å². The third-order valence-corrected chi connectivity index (χ3v) is 4.01. The van der Waals surface area contributed by atoms with Crippen LogP contribution < -0.4 is 0 Å². The molecule has 0 amide bonds. The summed E-state index contributed by atoms with van der Waals surface area (Å²) < 4.78 is 5.46. The molecule has 2 unspecified atom stereocenters. The van der Waals surface area contributed by atoms with Crippen LogP contribution in [0.2, 0.25) is 0 Å². The van der Waals surface area contributed by atoms with Gasteiger partial charge in [-0.05, 0) is 24.8 Å². The molecular weight excluding hydrogens is 223 g/mol. The SMILES string of the molecule is CCC1(C(=O)O)OC1(C)c1cccs1.[Na]. The molecule has 1 saturated heterocycles. The molecule has 1 aromatic rings. The molecule has 15 heavy (non-hydrogen) atoms. The Morgan fingerprint density at radius 2 is 2.33 bits per heavy atom. The number of hydrogen-bond donors (Lipinski definition) is 1. The smallest absolute Gasteiger partial charge is 0.339 e. The van der Waals surface area contributed by atoms with Crippen molar-refractivity contribution in [1.82, 2.24) is 0 Å². The predicted octanol–water partition coefficient (Wildman–Crippen LogP) is 1.85. The summed E-state index contributed by atoms with van der Waals surface area (Å²) in [5, 5.41) is 11.1. The molecule has 5 heteroatoms. The molecule has 3 nitrogen and oxygen atoms in total. The van der Waals surface area contributed by atoms with E-state index in [4.69, 9.17) is 9.84 Å². The van der Waals surface area contributed by atoms with E-state index < -0.39 is 17.2 Å². The van der Waals surface area contributed by atoms with Crippen molar-refractivity contribution in [1.29, 1.82) is 0 Å². The molecule has 77 valence electrons. The first kappa shape index (κ1) is 13.2. The van der Waals surface area contributed by atoms with Gasteiger partial charge in [0.1, 0.15) is 5.60 Å². The monoisotopic (exact) mass is 235 g/mol. The van der Waals surface area contributed by atoms with Gasteiger partial charge in [0.25, 0.3) is 0 Å². The molecule has 1 aliphatic heterocycles. The van der Waals surface area contributed by atoms with E-state index in [0.29, 0.717) is 6.42 Å². The molecular formula is C10H12NaO3S. The van der Waals surface area contributed by atoms with Crippen LogP contribution in [0, 0.1) is 0 Å². The Bertz CT molecular complexity index is 365. The third-order valence-electron chi connectivity index (χ3n) is 2.94. The summed E-state index contributed by atoms with van der Waals surface area (Å²) in [6, 6.07) is 3.83. The van der Waals surface area contributed by atoms with Gasteiger partial charge in [-0.25, -0.2) is 4.79 Å². The molecule has 2 heterocycles. The molecule has 1 radical (unpaired) electrons. The molecule has 1 fully saturated rings. The maximum absolute atomic E-state index is 11.1. The normalized spacial score (nSPS) is 33.2. The van der Waals surface area contributed by atoms with Crippen molar-refractivity contribution in [3.63, 3.8) is 0 Å². The number of aliphatic carboxylic acids is 1. The number of epoxide rings is 1. The summed E-state index contributed by atoms with van der Waals surface area (Å²) in [6.45, 7) is 3.68. The van der Waals surface area contributed by atoms with E-state index >= 15 is 0 Å². The second kappa shape index (κ2) is 4.18. The minimum Gasteiger partial charge on any atom is -0.479 e. The minimum atomic E-state index is -1.00. The first-order chi connectivity index (χ1) is 6.57. The van der Waals surface area contributed by atoms with E-state index in [0.717, 1.165) is 4.88 Å². The number of ether oxygens (including phenoxy) is 1. The van der Waals surface area contributed by atoms with Gasteiger partial charge in [-0.2, -0.15) is 0 Å². The number of carboxylic acid groups (broad SMARTS) is 1. The van der Waals surface area contributed by atoms with Crippen LogP contribution in [0.15, 0.2) is 17.5 Å². The van der Waals surface area contributed by atoms with Crippen LogP contribution in [0.25, 0.3) is 0 Å². The Balaban J connectivity index is 0.00000112. The summed E-state index contributed by atoms with van der Waals surface area (Å²) in [7, 11) is 0. The standard InChI is InChI=1S/C10H12O3S.Na/c1-3-10(8(11)12)9(2,13-10)7-5-4-6-14-7;/h4-6H,3H2,1-2H3,(H,11,12);. The van der Waals surface area contributed by atoms with E-state index in [2.05, 4.69) is 0 Å². The molecule has 0 spiro atoms. The fourth-order valence-electron chi connectivity index (χ4n) is 1.93. The summed E-state index contributed by atoms with van der Waals surface area (Å²) in [5.74, 6) is -0.865. The molecule has 0 aromatic carbocycles. The fraction of sp³-hybridized carbons (Fsp3) is 0.500. The second-order valence-electron chi connectivity index (χ2n) is 3.60. The zero-order valence-corrected chi connectivity index (χ0v) is 11.9. The van der Waals surface area contributed by atoms with Gasteiger partial charge in [0, 0.05) is 34.4 Å². The van der Waals surface area contributed by atoms with Crippen LogP contribution in [0.3, 0.4) is 0 Å². The van der Waals surface area contributed by atoms with Crippen LogP contribution in [0.1, 0.15) is 25.1 Å². The maximum Gasteiger partial charge on any atom is 0.339 e. The van der Waals surface area contributed by atoms with Crippen LogP contribution in [-0.2, 0) is 15.1 Å². The minimum absolute atomic E-state index is 0. The van der Waals surface area contributed by atoms with E-state index in [-0.39, 0.29) is 29.6 Å². The topological polar surface area (TPSA) is 49.8 Å². The summed E-state index contributed by atoms with van der Waals surface area (Å²) in [4.78, 5) is 12.1. The second-order valence-corrected chi connectivity index (χ2v) is 4.55. The average Bonchev–Trinajstić information content (AvgIpc) is 2.59. The molecule has 2 atom stereocenters. The van der Waals surface area contributed by atoms with Gasteiger partial charge in [0.2, 0.25) is 0 Å². The number of carboxylic acids is 1. The average molecular weight is 235 g/mol. The van der Waals surface area contributed by atoms with Gasteiger partial charge >= 0.3 is 5.97 Å². The first-order valence-electron chi connectivity index (χ1n) is 4.54. The van der Waals surface area contributed by atoms with Gasteiger partial charge in [-0.15, -0.1) is 11.3 Å². The largest absolute Gasteiger partial charge is 0.479 e. The molecule has 2 rings (SSSR count). The van der Waals surface area contributed by atoms with Gasteiger partial charge in [-0.1, -0.05) is 13.0 Å². The van der Waals surface area contributed by atoms with E-state index in [1.54, 1.807) is 0 Å². The van der Waals surface area contributed by atoms with Gasteiger partial charge in [-0.3, -0.25) is 0 Å². The Morgan fingerprint density at radius 3 is 2.67 bits per heavy atom. The number of carbonyl (C=O) groups is 1. The molecule has 0 bridgehead atoms. The van der Waals surface area contributed by atoms with Crippen molar-refractivity contribution in [3.05, 3.63) is 22.4 Å². The van der Waals surface area contributed by atoms with Crippen molar-refractivity contribution >= 4 is 46.9 Å². The summed E-state index contributed by atoms with van der Waals surface area (Å²) in [6.07, 6.45) is 0.497. The third kappa shape index (κ3) is 1.68.